The van der Waals surface area contributed by atoms with Crippen molar-refractivity contribution in [3.63, 3.8) is 0 Å². The summed E-state index contributed by atoms with van der Waals surface area (Å²) in [6.07, 6.45) is 3.88. The predicted molar refractivity (Wildman–Crippen MR) is 142 cm³/mol. The second kappa shape index (κ2) is 14.1. The van der Waals surface area contributed by atoms with E-state index in [9.17, 15) is 9.59 Å². The fourth-order valence-electron chi connectivity index (χ4n) is 3.29. The van der Waals surface area contributed by atoms with Crippen LogP contribution in [0.25, 0.3) is 0 Å². The summed E-state index contributed by atoms with van der Waals surface area (Å²) in [5, 5.41) is 3.98. The van der Waals surface area contributed by atoms with Gasteiger partial charge in [0.1, 0.15) is 11.5 Å². The summed E-state index contributed by atoms with van der Waals surface area (Å²) >= 11 is 0. The number of nitrogens with zero attached hydrogens (tertiary/aromatic N) is 1. The van der Waals surface area contributed by atoms with Gasteiger partial charge in [-0.3, -0.25) is 4.79 Å². The summed E-state index contributed by atoms with van der Waals surface area (Å²) in [5.41, 5.74) is 4.40. The minimum Gasteiger partial charge on any atom is -0.494 e. The Morgan fingerprint density at radius 2 is 1.65 bits per heavy atom. The molecule has 8 nitrogen and oxygen atoms in total. The number of ether oxygens (including phenoxy) is 4. The standard InChI is InChI=1S/C29H30N2O6/c1-4-9-22-10-7-8-11-25(22)36-20-28(32)31-30-19-21-12-17-26(27(18-21)35-6-3)37-29(33)23-13-15-24(16-14-23)34-5-2/h4,7-8,10-19H,1,5-6,9,20H2,2-3H3,(H,31,32)/b30-19-. The summed E-state index contributed by atoms with van der Waals surface area (Å²) in [5.74, 6) is 1.02. The van der Waals surface area contributed by atoms with Gasteiger partial charge in [0.15, 0.2) is 18.1 Å². The number of hydrogen-bond acceptors (Lipinski definition) is 7. The maximum Gasteiger partial charge on any atom is 0.343 e. The number of allylic oxidation sites excluding steroid dienone is 1. The minimum absolute atomic E-state index is 0.184. The average molecular weight is 503 g/mol. The molecule has 0 aliphatic heterocycles. The van der Waals surface area contributed by atoms with Crippen molar-refractivity contribution in [2.75, 3.05) is 19.8 Å². The van der Waals surface area contributed by atoms with Crippen LogP contribution in [0.5, 0.6) is 23.0 Å². The van der Waals surface area contributed by atoms with E-state index in [1.54, 1.807) is 54.6 Å². The Morgan fingerprint density at radius 3 is 2.38 bits per heavy atom. The molecular formula is C29H30N2O6. The van der Waals surface area contributed by atoms with Crippen molar-refractivity contribution in [2.24, 2.45) is 5.10 Å². The zero-order valence-corrected chi connectivity index (χ0v) is 20.9. The van der Waals surface area contributed by atoms with Crippen molar-refractivity contribution in [1.82, 2.24) is 5.43 Å². The van der Waals surface area contributed by atoms with E-state index in [-0.39, 0.29) is 12.4 Å². The number of hydrogen-bond donors (Lipinski definition) is 1. The first kappa shape index (κ1) is 27.0. The van der Waals surface area contributed by atoms with Crippen LogP contribution in [0, 0.1) is 0 Å². The highest BCUT2D eigenvalue weighted by molar-refractivity contribution is 5.92. The molecule has 0 bridgehead atoms. The fourth-order valence-corrected chi connectivity index (χ4v) is 3.29. The van der Waals surface area contributed by atoms with E-state index in [0.29, 0.717) is 48.0 Å². The monoisotopic (exact) mass is 502 g/mol. The smallest absolute Gasteiger partial charge is 0.343 e. The van der Waals surface area contributed by atoms with E-state index in [4.69, 9.17) is 18.9 Å². The number of para-hydroxylation sites is 1. The highest BCUT2D eigenvalue weighted by Crippen LogP contribution is 2.29. The predicted octanol–water partition coefficient (Wildman–Crippen LogP) is 4.96. The van der Waals surface area contributed by atoms with Crippen LogP contribution in [0.3, 0.4) is 0 Å². The molecule has 0 saturated carbocycles. The topological polar surface area (TPSA) is 95.5 Å². The number of carbonyl (C=O) groups excluding carboxylic acids is 2. The largest absolute Gasteiger partial charge is 0.494 e. The lowest BCUT2D eigenvalue weighted by Crippen LogP contribution is -2.24. The molecule has 37 heavy (non-hydrogen) atoms. The molecule has 3 aromatic rings. The Kier molecular flexibility index (Phi) is 10.3. The van der Waals surface area contributed by atoms with Crippen LogP contribution in [-0.2, 0) is 11.2 Å². The Bertz CT molecular complexity index is 1240. The van der Waals surface area contributed by atoms with Crippen LogP contribution in [0.4, 0.5) is 0 Å². The van der Waals surface area contributed by atoms with Crippen LogP contribution in [-0.4, -0.2) is 37.9 Å². The molecule has 0 unspecified atom stereocenters. The Morgan fingerprint density at radius 1 is 0.892 bits per heavy atom. The molecule has 0 aliphatic carbocycles. The van der Waals surface area contributed by atoms with Crippen molar-refractivity contribution >= 4 is 18.1 Å². The van der Waals surface area contributed by atoms with Gasteiger partial charge in [0.2, 0.25) is 0 Å². The lowest BCUT2D eigenvalue weighted by Gasteiger charge is -2.12. The van der Waals surface area contributed by atoms with Crippen molar-refractivity contribution in [2.45, 2.75) is 20.3 Å². The van der Waals surface area contributed by atoms with Crippen molar-refractivity contribution < 1.29 is 28.5 Å². The molecule has 3 rings (SSSR count). The molecule has 0 fully saturated rings. The van der Waals surface area contributed by atoms with Gasteiger partial charge in [0.05, 0.1) is 25.0 Å². The third-order valence-corrected chi connectivity index (χ3v) is 4.97. The maximum atomic E-state index is 12.6. The first-order valence-electron chi connectivity index (χ1n) is 11.9. The molecule has 0 atom stereocenters. The van der Waals surface area contributed by atoms with Crippen LogP contribution >= 0.6 is 0 Å². The second-order valence-electron chi connectivity index (χ2n) is 7.67. The molecule has 8 heteroatoms. The lowest BCUT2D eigenvalue weighted by atomic mass is 10.1. The van der Waals surface area contributed by atoms with Gasteiger partial charge in [-0.1, -0.05) is 24.3 Å². The molecule has 1 N–H and O–H groups in total. The van der Waals surface area contributed by atoms with Gasteiger partial charge in [-0.15, -0.1) is 6.58 Å². The normalized spacial score (nSPS) is 10.5. The average Bonchev–Trinajstić information content (AvgIpc) is 2.90. The summed E-state index contributed by atoms with van der Waals surface area (Å²) in [4.78, 5) is 24.7. The highest BCUT2D eigenvalue weighted by Gasteiger charge is 2.14. The van der Waals surface area contributed by atoms with Gasteiger partial charge in [-0.2, -0.15) is 5.10 Å². The molecule has 0 spiro atoms. The van der Waals surface area contributed by atoms with Crippen molar-refractivity contribution in [3.05, 3.63) is 96.1 Å². The van der Waals surface area contributed by atoms with Gasteiger partial charge in [0.25, 0.3) is 5.91 Å². The van der Waals surface area contributed by atoms with Gasteiger partial charge < -0.3 is 18.9 Å². The summed E-state index contributed by atoms with van der Waals surface area (Å²) < 4.78 is 22.2. The van der Waals surface area contributed by atoms with Gasteiger partial charge in [0, 0.05) is 0 Å². The van der Waals surface area contributed by atoms with E-state index in [1.165, 1.54) is 6.21 Å². The molecule has 0 saturated heterocycles. The van der Waals surface area contributed by atoms with E-state index < -0.39 is 11.9 Å². The quantitative estimate of drug-likeness (QED) is 0.117. The zero-order chi connectivity index (χ0) is 26.5. The highest BCUT2D eigenvalue weighted by atomic mass is 16.6. The molecule has 192 valence electrons. The first-order valence-corrected chi connectivity index (χ1v) is 11.9. The van der Waals surface area contributed by atoms with Crippen LogP contribution in [0.1, 0.15) is 35.3 Å². The Hall–Kier alpha value is -4.59. The minimum atomic E-state index is -0.521. The zero-order valence-electron chi connectivity index (χ0n) is 20.9. The molecule has 3 aromatic carbocycles. The molecule has 0 heterocycles. The van der Waals surface area contributed by atoms with Crippen molar-refractivity contribution in [3.8, 4) is 23.0 Å². The van der Waals surface area contributed by atoms with Gasteiger partial charge >= 0.3 is 5.97 Å². The molecule has 0 aliphatic rings. The van der Waals surface area contributed by atoms with E-state index >= 15 is 0 Å². The fraction of sp³-hybridized carbons (Fsp3) is 0.207. The maximum absolute atomic E-state index is 12.6. The Labute approximate surface area is 216 Å². The number of hydrazone groups is 1. The number of nitrogens with one attached hydrogen (secondary N) is 1. The number of esters is 1. The third kappa shape index (κ3) is 8.24. The van der Waals surface area contributed by atoms with Crippen molar-refractivity contribution in [1.29, 1.82) is 0 Å². The number of carbonyl (C=O) groups is 2. The summed E-state index contributed by atoms with van der Waals surface area (Å²) in [6.45, 7) is 8.17. The third-order valence-electron chi connectivity index (χ3n) is 4.97. The van der Waals surface area contributed by atoms with E-state index in [0.717, 1.165) is 5.56 Å². The van der Waals surface area contributed by atoms with Crippen LogP contribution in [0.15, 0.2) is 84.5 Å². The second-order valence-corrected chi connectivity index (χ2v) is 7.67. The number of rotatable bonds is 13. The first-order chi connectivity index (χ1) is 18.0. The molecule has 0 radical (unpaired) electrons. The number of amides is 1. The van der Waals surface area contributed by atoms with E-state index in [2.05, 4.69) is 17.1 Å². The lowest BCUT2D eigenvalue weighted by molar-refractivity contribution is -0.123. The van der Waals surface area contributed by atoms with Gasteiger partial charge in [-0.25, -0.2) is 10.2 Å². The molecule has 1 amide bonds. The van der Waals surface area contributed by atoms with Crippen LogP contribution in [0.2, 0.25) is 0 Å². The van der Waals surface area contributed by atoms with Gasteiger partial charge in [-0.05, 0) is 79.9 Å². The van der Waals surface area contributed by atoms with E-state index in [1.807, 2.05) is 32.0 Å². The Balaban J connectivity index is 1.59. The molecular weight excluding hydrogens is 472 g/mol. The van der Waals surface area contributed by atoms with Crippen LogP contribution < -0.4 is 24.4 Å². The number of benzene rings is 3. The SMILES string of the molecule is C=CCc1ccccc1OCC(=O)N/N=C\c1ccc(OC(=O)c2ccc(OCC)cc2)c(OCC)c1. The molecule has 0 aromatic heterocycles. The summed E-state index contributed by atoms with van der Waals surface area (Å²) in [7, 11) is 0. The summed E-state index contributed by atoms with van der Waals surface area (Å²) in [6, 6.07) is 19.1.